The van der Waals surface area contributed by atoms with Crippen LogP contribution >= 0.6 is 0 Å². The van der Waals surface area contributed by atoms with E-state index in [1.165, 1.54) is 6.08 Å². The second-order valence-electron chi connectivity index (χ2n) is 5.80. The Balaban J connectivity index is 1.86. The Hall–Kier alpha value is -2.34. The highest BCUT2D eigenvalue weighted by Gasteiger charge is 2.25. The van der Waals surface area contributed by atoms with Crippen LogP contribution in [0.5, 0.6) is 5.75 Å². The molecule has 1 aromatic carbocycles. The molecule has 2 unspecified atom stereocenters. The fraction of sp³-hybridized carbons (Fsp3) is 0.444. The van der Waals surface area contributed by atoms with Crippen molar-refractivity contribution in [3.8, 4) is 5.75 Å². The van der Waals surface area contributed by atoms with Gasteiger partial charge in [0.05, 0.1) is 19.8 Å². The molecule has 6 heteroatoms. The van der Waals surface area contributed by atoms with E-state index in [2.05, 4.69) is 5.32 Å². The van der Waals surface area contributed by atoms with Gasteiger partial charge >= 0.3 is 0 Å². The summed E-state index contributed by atoms with van der Waals surface area (Å²) in [5.74, 6) is 0.375. The summed E-state index contributed by atoms with van der Waals surface area (Å²) in [7, 11) is 1.60. The molecule has 1 heterocycles. The fourth-order valence-corrected chi connectivity index (χ4v) is 2.50. The lowest BCUT2D eigenvalue weighted by Gasteiger charge is -2.32. The molecule has 1 aliphatic heterocycles. The maximum Gasteiger partial charge on any atom is 0.245 e. The minimum absolute atomic E-state index is 0.0283. The van der Waals surface area contributed by atoms with Crippen LogP contribution in [0.3, 0.4) is 0 Å². The monoisotopic (exact) mass is 332 g/mol. The first-order valence-corrected chi connectivity index (χ1v) is 8.02. The van der Waals surface area contributed by atoms with Gasteiger partial charge in [0, 0.05) is 19.2 Å². The third-order valence-corrected chi connectivity index (χ3v) is 3.82. The average Bonchev–Trinajstić information content (AvgIpc) is 2.59. The fourth-order valence-electron chi connectivity index (χ4n) is 2.50. The summed E-state index contributed by atoms with van der Waals surface area (Å²) in [5, 5.41) is 2.70. The Morgan fingerprint density at radius 3 is 2.71 bits per heavy atom. The van der Waals surface area contributed by atoms with Crippen LogP contribution in [0, 0.1) is 0 Å². The highest BCUT2D eigenvalue weighted by atomic mass is 16.5. The Bertz CT molecular complexity index is 598. The number of hydrogen-bond acceptors (Lipinski definition) is 4. The molecule has 2 atom stereocenters. The molecular formula is C18H24N2O4. The molecule has 0 aromatic heterocycles. The van der Waals surface area contributed by atoms with Crippen LogP contribution < -0.4 is 10.1 Å². The van der Waals surface area contributed by atoms with Crippen molar-refractivity contribution in [1.82, 2.24) is 10.2 Å². The Morgan fingerprint density at radius 1 is 1.38 bits per heavy atom. The minimum atomic E-state index is -0.566. The lowest BCUT2D eigenvalue weighted by molar-refractivity contribution is -0.141. The Kier molecular flexibility index (Phi) is 6.37. The number of carbonyl (C=O) groups is 2. The van der Waals surface area contributed by atoms with Gasteiger partial charge in [-0.05, 0) is 37.6 Å². The first-order valence-electron chi connectivity index (χ1n) is 8.02. The summed E-state index contributed by atoms with van der Waals surface area (Å²) >= 11 is 0. The normalized spacial score (nSPS) is 19.1. The summed E-state index contributed by atoms with van der Waals surface area (Å²) in [4.78, 5) is 26.1. The third kappa shape index (κ3) is 5.09. The van der Waals surface area contributed by atoms with Gasteiger partial charge < -0.3 is 19.7 Å². The van der Waals surface area contributed by atoms with Gasteiger partial charge in [-0.15, -0.1) is 0 Å². The van der Waals surface area contributed by atoms with Crippen LogP contribution in [0.1, 0.15) is 19.4 Å². The van der Waals surface area contributed by atoms with Crippen molar-refractivity contribution in [3.63, 3.8) is 0 Å². The third-order valence-electron chi connectivity index (χ3n) is 3.82. The number of amides is 2. The molecule has 1 fully saturated rings. The zero-order chi connectivity index (χ0) is 17.5. The van der Waals surface area contributed by atoms with E-state index in [0.29, 0.717) is 19.7 Å². The molecule has 24 heavy (non-hydrogen) atoms. The van der Waals surface area contributed by atoms with Crippen LogP contribution in [-0.4, -0.2) is 55.7 Å². The first-order chi connectivity index (χ1) is 11.5. The van der Waals surface area contributed by atoms with E-state index in [0.717, 1.165) is 11.3 Å². The lowest BCUT2D eigenvalue weighted by atomic mass is 10.2. The predicted octanol–water partition coefficient (Wildman–Crippen LogP) is 1.46. The smallest absolute Gasteiger partial charge is 0.245 e. The molecule has 1 N–H and O–H groups in total. The number of benzene rings is 1. The van der Waals surface area contributed by atoms with Crippen molar-refractivity contribution in [3.05, 3.63) is 35.9 Å². The Labute approximate surface area is 142 Å². The number of rotatable bonds is 5. The van der Waals surface area contributed by atoms with Gasteiger partial charge in [-0.1, -0.05) is 12.1 Å². The number of morpholine rings is 1. The highest BCUT2D eigenvalue weighted by Crippen LogP contribution is 2.12. The molecular weight excluding hydrogens is 308 g/mol. The summed E-state index contributed by atoms with van der Waals surface area (Å²) in [6, 6.07) is 6.79. The highest BCUT2D eigenvalue weighted by molar-refractivity contribution is 5.95. The maximum absolute atomic E-state index is 12.3. The molecule has 2 amide bonds. The number of methoxy groups -OCH3 is 1. The summed E-state index contributed by atoms with van der Waals surface area (Å²) in [6.45, 7) is 5.28. The second kappa shape index (κ2) is 8.49. The van der Waals surface area contributed by atoms with Gasteiger partial charge in [-0.3, -0.25) is 9.59 Å². The number of nitrogens with zero attached hydrogens (tertiary/aromatic N) is 1. The van der Waals surface area contributed by atoms with E-state index in [1.54, 1.807) is 25.0 Å². The summed E-state index contributed by atoms with van der Waals surface area (Å²) in [5.41, 5.74) is 0.881. The minimum Gasteiger partial charge on any atom is -0.497 e. The zero-order valence-corrected chi connectivity index (χ0v) is 14.3. The molecule has 6 nitrogen and oxygen atoms in total. The van der Waals surface area contributed by atoms with E-state index in [-0.39, 0.29) is 17.9 Å². The molecule has 0 aliphatic carbocycles. The molecule has 2 rings (SSSR count). The molecule has 1 aliphatic rings. The summed E-state index contributed by atoms with van der Waals surface area (Å²) < 4.78 is 10.5. The standard InChI is InChI=1S/C18H24N2O4/c1-13-12-20(10-11-24-13)18(22)14(2)19-17(21)9-6-15-4-7-16(23-3)8-5-15/h4-9,13-14H,10-12H2,1-3H3,(H,19,21)/b9-6+. The topological polar surface area (TPSA) is 67.9 Å². The second-order valence-corrected chi connectivity index (χ2v) is 5.80. The van der Waals surface area contributed by atoms with Gasteiger partial charge in [-0.2, -0.15) is 0 Å². The molecule has 0 spiro atoms. The van der Waals surface area contributed by atoms with Crippen molar-refractivity contribution in [1.29, 1.82) is 0 Å². The van der Waals surface area contributed by atoms with E-state index >= 15 is 0 Å². The number of carbonyl (C=O) groups excluding carboxylic acids is 2. The molecule has 0 bridgehead atoms. The van der Waals surface area contributed by atoms with Crippen LogP contribution in [0.25, 0.3) is 6.08 Å². The van der Waals surface area contributed by atoms with Crippen LogP contribution in [0.2, 0.25) is 0 Å². The van der Waals surface area contributed by atoms with Crippen molar-refractivity contribution in [2.45, 2.75) is 26.0 Å². The quantitative estimate of drug-likeness (QED) is 0.829. The predicted molar refractivity (Wildman–Crippen MR) is 91.6 cm³/mol. The van der Waals surface area contributed by atoms with Gasteiger partial charge in [0.15, 0.2) is 0 Å². The van der Waals surface area contributed by atoms with E-state index in [1.807, 2.05) is 31.2 Å². The van der Waals surface area contributed by atoms with E-state index in [4.69, 9.17) is 9.47 Å². The number of ether oxygens (including phenoxy) is 2. The van der Waals surface area contributed by atoms with E-state index < -0.39 is 6.04 Å². The lowest BCUT2D eigenvalue weighted by Crippen LogP contribution is -2.52. The van der Waals surface area contributed by atoms with Gasteiger partial charge in [0.1, 0.15) is 11.8 Å². The van der Waals surface area contributed by atoms with Crippen molar-refractivity contribution in [2.75, 3.05) is 26.8 Å². The van der Waals surface area contributed by atoms with Crippen LogP contribution in [0.15, 0.2) is 30.3 Å². The maximum atomic E-state index is 12.3. The van der Waals surface area contributed by atoms with Crippen molar-refractivity contribution < 1.29 is 19.1 Å². The Morgan fingerprint density at radius 2 is 2.08 bits per heavy atom. The largest absolute Gasteiger partial charge is 0.497 e. The van der Waals surface area contributed by atoms with Gasteiger partial charge in [0.2, 0.25) is 11.8 Å². The van der Waals surface area contributed by atoms with E-state index in [9.17, 15) is 9.59 Å². The zero-order valence-electron chi connectivity index (χ0n) is 14.3. The first kappa shape index (κ1) is 18.0. The molecule has 130 valence electrons. The van der Waals surface area contributed by atoms with Crippen LogP contribution in [-0.2, 0) is 14.3 Å². The average molecular weight is 332 g/mol. The molecule has 0 saturated carbocycles. The van der Waals surface area contributed by atoms with Crippen molar-refractivity contribution >= 4 is 17.9 Å². The van der Waals surface area contributed by atoms with Crippen molar-refractivity contribution in [2.24, 2.45) is 0 Å². The number of nitrogens with one attached hydrogen (secondary N) is 1. The van der Waals surface area contributed by atoms with Crippen LogP contribution in [0.4, 0.5) is 0 Å². The summed E-state index contributed by atoms with van der Waals surface area (Å²) in [6.07, 6.45) is 3.15. The van der Waals surface area contributed by atoms with Gasteiger partial charge in [-0.25, -0.2) is 0 Å². The van der Waals surface area contributed by atoms with Gasteiger partial charge in [0.25, 0.3) is 0 Å². The SMILES string of the molecule is COc1ccc(/C=C/C(=O)NC(C)C(=O)N2CCOC(C)C2)cc1. The number of hydrogen-bond donors (Lipinski definition) is 1. The molecule has 1 saturated heterocycles. The molecule has 1 aromatic rings. The molecule has 0 radical (unpaired) electrons.